The van der Waals surface area contributed by atoms with Gasteiger partial charge in [0, 0.05) is 13.6 Å². The summed E-state index contributed by atoms with van der Waals surface area (Å²) in [5.74, 6) is -1.37. The van der Waals surface area contributed by atoms with E-state index in [0.717, 1.165) is 6.07 Å². The van der Waals surface area contributed by atoms with Gasteiger partial charge in [-0.15, -0.1) is 0 Å². The molecule has 1 aromatic rings. The number of amides is 2. The Hall–Kier alpha value is -1.98. The number of nitrogens with zero attached hydrogens (tertiary/aromatic N) is 2. The normalized spacial score (nSPS) is 19.5. The van der Waals surface area contributed by atoms with Gasteiger partial charge in [-0.3, -0.25) is 9.59 Å². The highest BCUT2D eigenvalue weighted by atomic mass is 19.1. The molecule has 1 aliphatic rings. The number of likely N-dealkylation sites (tertiary alicyclic amines) is 1. The summed E-state index contributed by atoms with van der Waals surface area (Å²) in [5.41, 5.74) is -0.0210. The van der Waals surface area contributed by atoms with Crippen molar-refractivity contribution < 1.29 is 14.0 Å². The van der Waals surface area contributed by atoms with E-state index in [1.165, 1.54) is 12.1 Å². The highest BCUT2D eigenvalue weighted by Crippen LogP contribution is 2.09. The first-order valence-corrected chi connectivity index (χ1v) is 5.26. The lowest BCUT2D eigenvalue weighted by atomic mass is 10.2. The molecular weight excluding hydrogens is 225 g/mol. The number of aromatic nitrogens is 1. The Morgan fingerprint density at radius 1 is 1.59 bits per heavy atom. The van der Waals surface area contributed by atoms with Crippen LogP contribution in [0.4, 0.5) is 4.39 Å². The van der Waals surface area contributed by atoms with Gasteiger partial charge in [0.1, 0.15) is 11.7 Å². The Labute approximate surface area is 97.6 Å². The van der Waals surface area contributed by atoms with Crippen LogP contribution in [0.15, 0.2) is 18.2 Å². The summed E-state index contributed by atoms with van der Waals surface area (Å²) < 4.78 is 12.8. The molecule has 1 atom stereocenters. The first kappa shape index (κ1) is 11.5. The number of hydrogen-bond donors (Lipinski definition) is 1. The number of nitrogens with one attached hydrogen (secondary N) is 1. The summed E-state index contributed by atoms with van der Waals surface area (Å²) in [7, 11) is 1.68. The lowest BCUT2D eigenvalue weighted by molar-refractivity contribution is -0.128. The van der Waals surface area contributed by atoms with Crippen molar-refractivity contribution in [1.82, 2.24) is 15.2 Å². The summed E-state index contributed by atoms with van der Waals surface area (Å²) in [4.78, 5) is 28.3. The van der Waals surface area contributed by atoms with E-state index < -0.39 is 17.9 Å². The lowest BCUT2D eigenvalue weighted by Gasteiger charge is -2.11. The lowest BCUT2D eigenvalue weighted by Crippen LogP contribution is -2.40. The number of carbonyl (C=O) groups is 2. The molecule has 1 fully saturated rings. The van der Waals surface area contributed by atoms with E-state index in [-0.39, 0.29) is 11.6 Å². The third-order valence-corrected chi connectivity index (χ3v) is 2.68. The number of pyridine rings is 1. The molecule has 5 nitrogen and oxygen atoms in total. The molecule has 90 valence electrons. The van der Waals surface area contributed by atoms with Crippen LogP contribution in [0.5, 0.6) is 0 Å². The molecular formula is C11H12FN3O2. The average Bonchev–Trinajstić information content (AvgIpc) is 2.61. The first-order chi connectivity index (χ1) is 8.08. The topological polar surface area (TPSA) is 62.3 Å². The summed E-state index contributed by atoms with van der Waals surface area (Å²) in [6.45, 7) is 0.611. The van der Waals surface area contributed by atoms with E-state index in [1.54, 1.807) is 11.9 Å². The third kappa shape index (κ3) is 2.41. The van der Waals surface area contributed by atoms with Crippen molar-refractivity contribution in [3.63, 3.8) is 0 Å². The second kappa shape index (κ2) is 4.48. The third-order valence-electron chi connectivity index (χ3n) is 2.68. The van der Waals surface area contributed by atoms with Gasteiger partial charge in [-0.2, -0.15) is 4.39 Å². The summed E-state index contributed by atoms with van der Waals surface area (Å²) in [6.07, 6.45) is 0.566. The molecule has 1 unspecified atom stereocenters. The van der Waals surface area contributed by atoms with E-state index in [1.807, 2.05) is 0 Å². The molecule has 0 aromatic carbocycles. The van der Waals surface area contributed by atoms with Crippen LogP contribution in [0.1, 0.15) is 16.9 Å². The number of rotatable bonds is 2. The highest BCUT2D eigenvalue weighted by Gasteiger charge is 2.30. The van der Waals surface area contributed by atoms with Gasteiger partial charge in [0.05, 0.1) is 0 Å². The van der Waals surface area contributed by atoms with Gasteiger partial charge in [0.2, 0.25) is 11.9 Å². The van der Waals surface area contributed by atoms with Crippen LogP contribution < -0.4 is 5.32 Å². The molecule has 2 rings (SSSR count). The van der Waals surface area contributed by atoms with Crippen LogP contribution in [-0.2, 0) is 4.79 Å². The van der Waals surface area contributed by atoms with Crippen LogP contribution in [0.3, 0.4) is 0 Å². The van der Waals surface area contributed by atoms with Crippen molar-refractivity contribution in [3.8, 4) is 0 Å². The molecule has 6 heteroatoms. The predicted molar refractivity (Wildman–Crippen MR) is 57.7 cm³/mol. The van der Waals surface area contributed by atoms with Gasteiger partial charge in [-0.05, 0) is 18.6 Å². The fourth-order valence-electron chi connectivity index (χ4n) is 1.72. The van der Waals surface area contributed by atoms with E-state index in [4.69, 9.17) is 0 Å². The van der Waals surface area contributed by atoms with Gasteiger partial charge in [0.15, 0.2) is 0 Å². The molecule has 0 saturated carbocycles. The average molecular weight is 237 g/mol. The zero-order valence-electron chi connectivity index (χ0n) is 9.31. The first-order valence-electron chi connectivity index (χ1n) is 5.26. The van der Waals surface area contributed by atoms with Crippen molar-refractivity contribution in [2.45, 2.75) is 12.5 Å². The Kier molecular flexibility index (Phi) is 3.03. The quantitative estimate of drug-likeness (QED) is 0.746. The minimum Gasteiger partial charge on any atom is -0.344 e. The number of hydrogen-bond acceptors (Lipinski definition) is 3. The van der Waals surface area contributed by atoms with Gasteiger partial charge in [0.25, 0.3) is 5.91 Å². The molecule has 2 amide bonds. The van der Waals surface area contributed by atoms with Crippen molar-refractivity contribution in [2.24, 2.45) is 0 Å². The van der Waals surface area contributed by atoms with E-state index in [2.05, 4.69) is 10.3 Å². The Morgan fingerprint density at radius 3 is 2.94 bits per heavy atom. The Balaban J connectivity index is 2.05. The minimum atomic E-state index is -0.715. The Bertz CT molecular complexity index is 464. The van der Waals surface area contributed by atoms with Crippen molar-refractivity contribution in [3.05, 3.63) is 29.8 Å². The zero-order valence-corrected chi connectivity index (χ0v) is 9.31. The molecule has 1 N–H and O–H groups in total. The largest absolute Gasteiger partial charge is 0.344 e. The van der Waals surface area contributed by atoms with E-state index >= 15 is 0 Å². The molecule has 0 spiro atoms. The fourth-order valence-corrected chi connectivity index (χ4v) is 1.72. The fraction of sp³-hybridized carbons (Fsp3) is 0.364. The second-order valence-corrected chi connectivity index (χ2v) is 3.92. The SMILES string of the molecule is CN1CCC(NC(=O)c2cccc(F)n2)C1=O. The van der Waals surface area contributed by atoms with Crippen molar-refractivity contribution >= 4 is 11.8 Å². The van der Waals surface area contributed by atoms with Gasteiger partial charge in [-0.1, -0.05) is 6.07 Å². The number of likely N-dealkylation sites (N-methyl/N-ethyl adjacent to an activating group) is 1. The minimum absolute atomic E-state index is 0.0210. The molecule has 1 saturated heterocycles. The molecule has 2 heterocycles. The summed E-state index contributed by atoms with van der Waals surface area (Å²) >= 11 is 0. The molecule has 1 aromatic heterocycles. The molecule has 1 aliphatic heterocycles. The maximum atomic E-state index is 12.8. The van der Waals surface area contributed by atoms with Gasteiger partial charge >= 0.3 is 0 Å². The zero-order chi connectivity index (χ0) is 12.4. The molecule has 0 bridgehead atoms. The van der Waals surface area contributed by atoms with Crippen LogP contribution in [0.25, 0.3) is 0 Å². The molecule has 0 aliphatic carbocycles. The van der Waals surface area contributed by atoms with Gasteiger partial charge in [-0.25, -0.2) is 4.98 Å². The maximum Gasteiger partial charge on any atom is 0.270 e. The number of carbonyl (C=O) groups excluding carboxylic acids is 2. The Morgan fingerprint density at radius 2 is 2.35 bits per heavy atom. The van der Waals surface area contributed by atoms with Gasteiger partial charge < -0.3 is 10.2 Å². The standard InChI is InChI=1S/C11H12FN3O2/c1-15-6-5-8(11(15)17)14-10(16)7-3-2-4-9(12)13-7/h2-4,8H,5-6H2,1H3,(H,14,16). The monoisotopic (exact) mass is 237 g/mol. The predicted octanol–water partition coefficient (Wildman–Crippen LogP) is 0.181. The van der Waals surface area contributed by atoms with Crippen LogP contribution in [0.2, 0.25) is 0 Å². The molecule has 0 radical (unpaired) electrons. The maximum absolute atomic E-state index is 12.8. The van der Waals surface area contributed by atoms with Crippen LogP contribution in [-0.4, -0.2) is 41.3 Å². The smallest absolute Gasteiger partial charge is 0.270 e. The second-order valence-electron chi connectivity index (χ2n) is 3.92. The van der Waals surface area contributed by atoms with E-state index in [9.17, 15) is 14.0 Å². The van der Waals surface area contributed by atoms with Crippen LogP contribution in [0, 0.1) is 5.95 Å². The molecule has 17 heavy (non-hydrogen) atoms. The summed E-state index contributed by atoms with van der Waals surface area (Å²) in [6, 6.07) is 3.43. The summed E-state index contributed by atoms with van der Waals surface area (Å²) in [5, 5.41) is 2.54. The van der Waals surface area contributed by atoms with Crippen LogP contribution >= 0.6 is 0 Å². The van der Waals surface area contributed by atoms with E-state index in [0.29, 0.717) is 13.0 Å². The van der Waals surface area contributed by atoms with Crippen molar-refractivity contribution in [1.29, 1.82) is 0 Å². The van der Waals surface area contributed by atoms with Crippen molar-refractivity contribution in [2.75, 3.05) is 13.6 Å². The highest BCUT2D eigenvalue weighted by molar-refractivity contribution is 5.96. The number of halogens is 1.